The van der Waals surface area contributed by atoms with E-state index < -0.39 is 0 Å². The predicted octanol–water partition coefficient (Wildman–Crippen LogP) is 4.90. The second-order valence-electron chi connectivity index (χ2n) is 4.73. The number of carbonyl (C=O) groups excluding carboxylic acids is 1. The SMILES string of the molecule is O=C(C=Cc1ccc(F)cc1)C=Cc1ccc(OCCBr)cc1. The van der Waals surface area contributed by atoms with Gasteiger partial charge in [-0.2, -0.15) is 0 Å². The Balaban J connectivity index is 1.91. The van der Waals surface area contributed by atoms with E-state index in [4.69, 9.17) is 4.74 Å². The Morgan fingerprint density at radius 2 is 1.48 bits per heavy atom. The molecule has 4 heteroatoms. The summed E-state index contributed by atoms with van der Waals surface area (Å²) < 4.78 is 18.2. The molecule has 23 heavy (non-hydrogen) atoms. The van der Waals surface area contributed by atoms with Crippen molar-refractivity contribution in [1.82, 2.24) is 0 Å². The third-order valence-electron chi connectivity index (χ3n) is 2.98. The van der Waals surface area contributed by atoms with Crippen molar-refractivity contribution in [3.8, 4) is 5.75 Å². The highest BCUT2D eigenvalue weighted by atomic mass is 79.9. The van der Waals surface area contributed by atoms with Crippen LogP contribution in [-0.2, 0) is 4.79 Å². The molecule has 0 aliphatic rings. The molecule has 0 amide bonds. The molecule has 2 nitrogen and oxygen atoms in total. The van der Waals surface area contributed by atoms with Crippen LogP contribution >= 0.6 is 15.9 Å². The Kier molecular flexibility index (Phi) is 6.76. The van der Waals surface area contributed by atoms with Crippen LogP contribution in [-0.4, -0.2) is 17.7 Å². The fourth-order valence-corrected chi connectivity index (χ4v) is 1.98. The van der Waals surface area contributed by atoms with Crippen molar-refractivity contribution in [3.05, 3.63) is 77.6 Å². The standard InChI is InChI=1S/C19H16BrFO2/c20-13-14-23-19-11-5-16(6-12-19)4-10-18(22)9-3-15-1-7-17(21)8-2-15/h1-12H,13-14H2. The quantitative estimate of drug-likeness (QED) is 0.509. The van der Waals surface area contributed by atoms with Crippen LogP contribution in [0.1, 0.15) is 11.1 Å². The van der Waals surface area contributed by atoms with E-state index in [1.807, 2.05) is 24.3 Å². The van der Waals surface area contributed by atoms with E-state index in [2.05, 4.69) is 15.9 Å². The van der Waals surface area contributed by atoms with E-state index in [0.717, 1.165) is 22.2 Å². The summed E-state index contributed by atoms with van der Waals surface area (Å²) in [6.07, 6.45) is 6.35. The second-order valence-corrected chi connectivity index (χ2v) is 5.52. The van der Waals surface area contributed by atoms with Gasteiger partial charge in [0.2, 0.25) is 0 Å². The van der Waals surface area contributed by atoms with Gasteiger partial charge in [0.25, 0.3) is 0 Å². The third kappa shape index (κ3) is 6.20. The summed E-state index contributed by atoms with van der Waals surface area (Å²) >= 11 is 3.30. The molecular weight excluding hydrogens is 359 g/mol. The Bertz CT molecular complexity index is 688. The van der Waals surface area contributed by atoms with Gasteiger partial charge in [-0.3, -0.25) is 4.79 Å². The maximum Gasteiger partial charge on any atom is 0.178 e. The number of alkyl halides is 1. The first-order valence-corrected chi connectivity index (χ1v) is 8.24. The molecule has 0 atom stereocenters. The number of carbonyl (C=O) groups is 1. The van der Waals surface area contributed by atoms with Crippen LogP contribution in [0.15, 0.2) is 60.7 Å². The highest BCUT2D eigenvalue weighted by molar-refractivity contribution is 9.09. The van der Waals surface area contributed by atoms with Gasteiger partial charge in [-0.25, -0.2) is 4.39 Å². The predicted molar refractivity (Wildman–Crippen MR) is 95.2 cm³/mol. The summed E-state index contributed by atoms with van der Waals surface area (Å²) in [5.74, 6) is 0.370. The molecule has 0 saturated heterocycles. The number of hydrogen-bond acceptors (Lipinski definition) is 2. The molecule has 118 valence electrons. The fourth-order valence-electron chi connectivity index (χ4n) is 1.82. The molecule has 0 saturated carbocycles. The topological polar surface area (TPSA) is 26.3 Å². The zero-order valence-corrected chi connectivity index (χ0v) is 14.0. The number of halogens is 2. The first kappa shape index (κ1) is 17.2. The lowest BCUT2D eigenvalue weighted by molar-refractivity contribution is -0.110. The fraction of sp³-hybridized carbons (Fsp3) is 0.105. The molecular formula is C19H16BrFO2. The molecule has 0 aliphatic heterocycles. The Morgan fingerprint density at radius 3 is 2.00 bits per heavy atom. The largest absolute Gasteiger partial charge is 0.493 e. The molecule has 0 aromatic heterocycles. The van der Waals surface area contributed by atoms with E-state index in [1.54, 1.807) is 24.3 Å². The average Bonchev–Trinajstić information content (AvgIpc) is 2.58. The van der Waals surface area contributed by atoms with E-state index in [9.17, 15) is 9.18 Å². The van der Waals surface area contributed by atoms with E-state index >= 15 is 0 Å². The Labute approximate surface area is 143 Å². The molecule has 0 spiro atoms. The molecule has 2 aromatic rings. The van der Waals surface area contributed by atoms with Crippen molar-refractivity contribution in [1.29, 1.82) is 0 Å². The van der Waals surface area contributed by atoms with Crippen LogP contribution in [0.2, 0.25) is 0 Å². The minimum atomic E-state index is -0.295. The summed E-state index contributed by atoms with van der Waals surface area (Å²) in [5.41, 5.74) is 1.70. The molecule has 0 radical (unpaired) electrons. The molecule has 0 fully saturated rings. The third-order valence-corrected chi connectivity index (χ3v) is 3.30. The molecule has 0 heterocycles. The lowest BCUT2D eigenvalue weighted by atomic mass is 10.1. The summed E-state index contributed by atoms with van der Waals surface area (Å²) in [7, 11) is 0. The molecule has 0 bridgehead atoms. The minimum Gasteiger partial charge on any atom is -0.493 e. The van der Waals surface area contributed by atoms with Crippen molar-refractivity contribution in [3.63, 3.8) is 0 Å². The number of hydrogen-bond donors (Lipinski definition) is 0. The second kappa shape index (κ2) is 9.06. The van der Waals surface area contributed by atoms with Crippen molar-refractivity contribution in [2.24, 2.45) is 0 Å². The van der Waals surface area contributed by atoms with Crippen molar-refractivity contribution < 1.29 is 13.9 Å². The van der Waals surface area contributed by atoms with Crippen LogP contribution in [0.3, 0.4) is 0 Å². The Hall–Kier alpha value is -2.20. The van der Waals surface area contributed by atoms with Crippen LogP contribution in [0.25, 0.3) is 12.2 Å². The van der Waals surface area contributed by atoms with Gasteiger partial charge >= 0.3 is 0 Å². The van der Waals surface area contributed by atoms with Gasteiger partial charge < -0.3 is 4.74 Å². The Morgan fingerprint density at radius 1 is 0.957 bits per heavy atom. The summed E-state index contributed by atoms with van der Waals surface area (Å²) in [4.78, 5) is 11.8. The van der Waals surface area contributed by atoms with Crippen LogP contribution in [0, 0.1) is 5.82 Å². The smallest absolute Gasteiger partial charge is 0.178 e. The zero-order valence-electron chi connectivity index (χ0n) is 12.4. The van der Waals surface area contributed by atoms with Crippen LogP contribution in [0.5, 0.6) is 5.75 Å². The van der Waals surface area contributed by atoms with Crippen LogP contribution in [0.4, 0.5) is 4.39 Å². The monoisotopic (exact) mass is 374 g/mol. The maximum atomic E-state index is 12.8. The molecule has 0 N–H and O–H groups in total. The van der Waals surface area contributed by atoms with Gasteiger partial charge in [-0.15, -0.1) is 0 Å². The zero-order chi connectivity index (χ0) is 16.5. The van der Waals surface area contributed by atoms with Gasteiger partial charge in [-0.05, 0) is 47.5 Å². The number of ether oxygens (including phenoxy) is 1. The van der Waals surface area contributed by atoms with Gasteiger partial charge in [-0.1, -0.05) is 52.3 Å². The number of allylic oxidation sites excluding steroid dienone is 2. The highest BCUT2D eigenvalue weighted by Gasteiger charge is 1.95. The number of rotatable bonds is 7. The van der Waals surface area contributed by atoms with E-state index in [-0.39, 0.29) is 11.6 Å². The summed E-state index contributed by atoms with van der Waals surface area (Å²) in [5, 5.41) is 0.781. The van der Waals surface area contributed by atoms with Gasteiger partial charge in [0.1, 0.15) is 11.6 Å². The first-order chi connectivity index (χ1) is 11.2. The number of benzene rings is 2. The van der Waals surface area contributed by atoms with Crippen molar-refractivity contribution >= 4 is 33.9 Å². The van der Waals surface area contributed by atoms with Gasteiger partial charge in [0, 0.05) is 5.33 Å². The lowest BCUT2D eigenvalue weighted by Gasteiger charge is -2.03. The first-order valence-electron chi connectivity index (χ1n) is 7.12. The summed E-state index contributed by atoms with van der Waals surface area (Å²) in [6.45, 7) is 0.613. The number of ketones is 1. The minimum absolute atomic E-state index is 0.131. The van der Waals surface area contributed by atoms with E-state index in [0.29, 0.717) is 6.61 Å². The van der Waals surface area contributed by atoms with Crippen molar-refractivity contribution in [2.75, 3.05) is 11.9 Å². The molecule has 0 unspecified atom stereocenters. The maximum absolute atomic E-state index is 12.8. The average molecular weight is 375 g/mol. The van der Waals surface area contributed by atoms with Crippen LogP contribution < -0.4 is 4.74 Å². The highest BCUT2D eigenvalue weighted by Crippen LogP contribution is 2.13. The van der Waals surface area contributed by atoms with Gasteiger partial charge in [0.15, 0.2) is 5.78 Å². The summed E-state index contributed by atoms with van der Waals surface area (Å²) in [6, 6.07) is 13.5. The lowest BCUT2D eigenvalue weighted by Crippen LogP contribution is -1.97. The van der Waals surface area contributed by atoms with Crippen molar-refractivity contribution in [2.45, 2.75) is 0 Å². The normalized spacial score (nSPS) is 11.2. The van der Waals surface area contributed by atoms with E-state index in [1.165, 1.54) is 24.3 Å². The molecule has 0 aliphatic carbocycles. The molecule has 2 rings (SSSR count). The molecule has 2 aromatic carbocycles. The van der Waals surface area contributed by atoms with Gasteiger partial charge in [0.05, 0.1) is 6.61 Å².